The number of carbonyl (C=O) groups is 1. The number of hydrogen-bond donors (Lipinski definition) is 3. The van der Waals surface area contributed by atoms with E-state index >= 15 is 0 Å². The Labute approximate surface area is 92.2 Å². The highest BCUT2D eigenvalue weighted by Crippen LogP contribution is 2.23. The average Bonchev–Trinajstić information content (AvgIpc) is 2.13. The Hall–Kier alpha value is -0.610. The molecule has 0 aromatic heterocycles. The standard InChI is InChI=1S/C11H24N2O2/c1-11(2,3)7-9(8-12)10(15)13-5-4-6-14/h9,14H,4-8,12H2,1-3H3,(H,13,15). The van der Waals surface area contributed by atoms with Crippen LogP contribution in [0.4, 0.5) is 0 Å². The van der Waals surface area contributed by atoms with Gasteiger partial charge in [-0.25, -0.2) is 0 Å². The molecule has 0 aliphatic carbocycles. The van der Waals surface area contributed by atoms with E-state index in [0.29, 0.717) is 19.5 Å². The van der Waals surface area contributed by atoms with Crippen molar-refractivity contribution in [2.24, 2.45) is 17.1 Å². The van der Waals surface area contributed by atoms with Gasteiger partial charge in [0.1, 0.15) is 0 Å². The van der Waals surface area contributed by atoms with Crippen molar-refractivity contribution in [1.82, 2.24) is 5.32 Å². The van der Waals surface area contributed by atoms with Crippen molar-refractivity contribution >= 4 is 5.91 Å². The number of aliphatic hydroxyl groups is 1. The molecule has 0 aromatic rings. The molecule has 4 heteroatoms. The molecule has 0 radical (unpaired) electrons. The quantitative estimate of drug-likeness (QED) is 0.566. The van der Waals surface area contributed by atoms with Crippen LogP contribution in [-0.4, -0.2) is 30.7 Å². The van der Waals surface area contributed by atoms with Gasteiger partial charge in [0.15, 0.2) is 0 Å². The van der Waals surface area contributed by atoms with Crippen LogP contribution in [0.25, 0.3) is 0 Å². The molecule has 0 saturated carbocycles. The Morgan fingerprint density at radius 2 is 2.07 bits per heavy atom. The molecule has 0 aliphatic rings. The summed E-state index contributed by atoms with van der Waals surface area (Å²) < 4.78 is 0. The molecule has 4 N–H and O–H groups in total. The SMILES string of the molecule is CC(C)(C)CC(CN)C(=O)NCCCO. The zero-order valence-corrected chi connectivity index (χ0v) is 10.0. The molecular weight excluding hydrogens is 192 g/mol. The third-order valence-corrected chi connectivity index (χ3v) is 2.15. The summed E-state index contributed by atoms with van der Waals surface area (Å²) in [6, 6.07) is 0. The Kier molecular flexibility index (Phi) is 6.52. The van der Waals surface area contributed by atoms with Crippen LogP contribution >= 0.6 is 0 Å². The highest BCUT2D eigenvalue weighted by Gasteiger charge is 2.23. The first kappa shape index (κ1) is 14.4. The maximum absolute atomic E-state index is 11.7. The topological polar surface area (TPSA) is 75.4 Å². The van der Waals surface area contributed by atoms with E-state index in [2.05, 4.69) is 26.1 Å². The van der Waals surface area contributed by atoms with Gasteiger partial charge in [0.2, 0.25) is 5.91 Å². The number of carbonyl (C=O) groups excluding carboxylic acids is 1. The second kappa shape index (κ2) is 6.80. The molecule has 1 unspecified atom stereocenters. The molecular formula is C11H24N2O2. The Bertz CT molecular complexity index is 188. The molecule has 15 heavy (non-hydrogen) atoms. The second-order valence-electron chi connectivity index (χ2n) is 5.07. The number of nitrogens with two attached hydrogens (primary N) is 1. The molecule has 0 fully saturated rings. The molecule has 0 rings (SSSR count). The number of rotatable bonds is 6. The van der Waals surface area contributed by atoms with Gasteiger partial charge in [0, 0.05) is 19.7 Å². The molecule has 0 aromatic carbocycles. The summed E-state index contributed by atoms with van der Waals surface area (Å²) >= 11 is 0. The summed E-state index contributed by atoms with van der Waals surface area (Å²) in [5.74, 6) is -0.121. The molecule has 0 bridgehead atoms. The summed E-state index contributed by atoms with van der Waals surface area (Å²) in [7, 11) is 0. The summed E-state index contributed by atoms with van der Waals surface area (Å²) in [6.45, 7) is 7.29. The summed E-state index contributed by atoms with van der Waals surface area (Å²) in [5, 5.41) is 11.4. The van der Waals surface area contributed by atoms with Crippen LogP contribution in [0.3, 0.4) is 0 Å². The minimum atomic E-state index is -0.122. The van der Waals surface area contributed by atoms with Crippen LogP contribution in [0.1, 0.15) is 33.6 Å². The van der Waals surface area contributed by atoms with Gasteiger partial charge < -0.3 is 16.2 Å². The van der Waals surface area contributed by atoms with Gasteiger partial charge in [-0.15, -0.1) is 0 Å². The van der Waals surface area contributed by atoms with Crippen molar-refractivity contribution in [2.45, 2.75) is 33.6 Å². The molecule has 0 heterocycles. The van der Waals surface area contributed by atoms with Crippen molar-refractivity contribution in [2.75, 3.05) is 19.7 Å². The first-order valence-corrected chi connectivity index (χ1v) is 5.49. The number of amides is 1. The lowest BCUT2D eigenvalue weighted by Crippen LogP contribution is -2.37. The molecule has 4 nitrogen and oxygen atoms in total. The van der Waals surface area contributed by atoms with Crippen LogP contribution in [-0.2, 0) is 4.79 Å². The van der Waals surface area contributed by atoms with E-state index in [1.165, 1.54) is 0 Å². The van der Waals surface area contributed by atoms with E-state index in [4.69, 9.17) is 10.8 Å². The van der Waals surface area contributed by atoms with Gasteiger partial charge in [-0.05, 0) is 18.3 Å². The normalized spacial score (nSPS) is 13.7. The average molecular weight is 216 g/mol. The van der Waals surface area contributed by atoms with E-state index < -0.39 is 0 Å². The summed E-state index contributed by atoms with van der Waals surface area (Å²) in [5.41, 5.74) is 5.68. The van der Waals surface area contributed by atoms with Gasteiger partial charge in [-0.1, -0.05) is 20.8 Å². The molecule has 90 valence electrons. The second-order valence-corrected chi connectivity index (χ2v) is 5.07. The minimum absolute atomic E-state index is 0.000810. The van der Waals surface area contributed by atoms with Crippen molar-refractivity contribution in [3.05, 3.63) is 0 Å². The van der Waals surface area contributed by atoms with Crippen LogP contribution in [0.15, 0.2) is 0 Å². The predicted octanol–water partition coefficient (Wildman–Crippen LogP) is 0.496. The monoisotopic (exact) mass is 216 g/mol. The van der Waals surface area contributed by atoms with E-state index in [-0.39, 0.29) is 23.8 Å². The number of nitrogens with one attached hydrogen (secondary N) is 1. The zero-order chi connectivity index (χ0) is 11.9. The number of hydrogen-bond acceptors (Lipinski definition) is 3. The maximum Gasteiger partial charge on any atom is 0.224 e. The van der Waals surface area contributed by atoms with E-state index in [1.807, 2.05) is 0 Å². The zero-order valence-electron chi connectivity index (χ0n) is 10.0. The van der Waals surface area contributed by atoms with Crippen molar-refractivity contribution in [3.8, 4) is 0 Å². The van der Waals surface area contributed by atoms with Crippen LogP contribution in [0, 0.1) is 11.3 Å². The Balaban J connectivity index is 4.00. The molecule has 0 aliphatic heterocycles. The minimum Gasteiger partial charge on any atom is -0.396 e. The molecule has 0 saturated heterocycles. The summed E-state index contributed by atoms with van der Waals surface area (Å²) in [4.78, 5) is 11.7. The fourth-order valence-corrected chi connectivity index (χ4v) is 1.46. The maximum atomic E-state index is 11.7. The third kappa shape index (κ3) is 7.33. The van der Waals surface area contributed by atoms with Crippen LogP contribution in [0.5, 0.6) is 0 Å². The van der Waals surface area contributed by atoms with Crippen molar-refractivity contribution < 1.29 is 9.90 Å². The lowest BCUT2D eigenvalue weighted by molar-refractivity contribution is -0.125. The lowest BCUT2D eigenvalue weighted by atomic mass is 9.84. The largest absolute Gasteiger partial charge is 0.396 e. The van der Waals surface area contributed by atoms with E-state index in [1.54, 1.807) is 0 Å². The highest BCUT2D eigenvalue weighted by molar-refractivity contribution is 5.78. The van der Waals surface area contributed by atoms with Gasteiger partial charge in [-0.3, -0.25) is 4.79 Å². The van der Waals surface area contributed by atoms with Crippen LogP contribution in [0.2, 0.25) is 0 Å². The Morgan fingerprint density at radius 3 is 2.47 bits per heavy atom. The van der Waals surface area contributed by atoms with Crippen molar-refractivity contribution in [3.63, 3.8) is 0 Å². The highest BCUT2D eigenvalue weighted by atomic mass is 16.3. The lowest BCUT2D eigenvalue weighted by Gasteiger charge is -2.24. The van der Waals surface area contributed by atoms with E-state index in [0.717, 1.165) is 6.42 Å². The van der Waals surface area contributed by atoms with E-state index in [9.17, 15) is 4.79 Å². The fraction of sp³-hybridized carbons (Fsp3) is 0.909. The molecule has 1 amide bonds. The van der Waals surface area contributed by atoms with Gasteiger partial charge in [-0.2, -0.15) is 0 Å². The molecule has 0 spiro atoms. The summed E-state index contributed by atoms with van der Waals surface area (Å²) in [6.07, 6.45) is 1.38. The van der Waals surface area contributed by atoms with Crippen molar-refractivity contribution in [1.29, 1.82) is 0 Å². The third-order valence-electron chi connectivity index (χ3n) is 2.15. The van der Waals surface area contributed by atoms with Crippen LogP contribution < -0.4 is 11.1 Å². The number of aliphatic hydroxyl groups excluding tert-OH is 1. The molecule has 1 atom stereocenters. The predicted molar refractivity (Wildman–Crippen MR) is 61.3 cm³/mol. The van der Waals surface area contributed by atoms with Gasteiger partial charge >= 0.3 is 0 Å². The first-order valence-electron chi connectivity index (χ1n) is 5.49. The van der Waals surface area contributed by atoms with Gasteiger partial charge in [0.05, 0.1) is 5.92 Å². The first-order chi connectivity index (χ1) is 6.90. The van der Waals surface area contributed by atoms with Gasteiger partial charge in [0.25, 0.3) is 0 Å². The fourth-order valence-electron chi connectivity index (χ4n) is 1.46. The smallest absolute Gasteiger partial charge is 0.224 e. The Morgan fingerprint density at radius 1 is 1.47 bits per heavy atom.